The van der Waals surface area contributed by atoms with Crippen molar-refractivity contribution in [3.8, 4) is 5.82 Å². The summed E-state index contributed by atoms with van der Waals surface area (Å²) >= 11 is 6.06. The molecule has 2 heterocycles. The van der Waals surface area contributed by atoms with Gasteiger partial charge in [-0.2, -0.15) is 5.10 Å². The molecule has 0 fully saturated rings. The van der Waals surface area contributed by atoms with E-state index in [4.69, 9.17) is 16.7 Å². The molecule has 15 heavy (non-hydrogen) atoms. The minimum absolute atomic E-state index is 0.114. The minimum Gasteiger partial charge on any atom is -0.391 e. The highest BCUT2D eigenvalue weighted by molar-refractivity contribution is 6.30. The third-order valence-corrected chi connectivity index (χ3v) is 2.53. The molecule has 0 aliphatic carbocycles. The third kappa shape index (κ3) is 1.73. The van der Waals surface area contributed by atoms with Crippen molar-refractivity contribution in [3.05, 3.63) is 40.8 Å². The molecule has 5 heteroatoms. The molecular formula is C10H10ClN3O. The number of rotatable bonds is 2. The Morgan fingerprint density at radius 3 is 2.80 bits per heavy atom. The van der Waals surface area contributed by atoms with Crippen LogP contribution in [0.15, 0.2) is 24.4 Å². The normalized spacial score (nSPS) is 10.6. The highest BCUT2D eigenvalue weighted by Gasteiger charge is 2.13. The van der Waals surface area contributed by atoms with Gasteiger partial charge in [-0.3, -0.25) is 0 Å². The molecule has 0 bridgehead atoms. The zero-order valence-corrected chi connectivity index (χ0v) is 8.94. The molecule has 0 unspecified atom stereocenters. The third-order valence-electron chi connectivity index (χ3n) is 2.15. The summed E-state index contributed by atoms with van der Waals surface area (Å²) < 4.78 is 1.52. The lowest BCUT2D eigenvalue weighted by molar-refractivity contribution is 0.281. The highest BCUT2D eigenvalue weighted by Crippen LogP contribution is 2.22. The molecule has 0 saturated heterocycles. The van der Waals surface area contributed by atoms with Gasteiger partial charge < -0.3 is 5.11 Å². The van der Waals surface area contributed by atoms with Gasteiger partial charge in [0.2, 0.25) is 0 Å². The molecule has 0 aliphatic heterocycles. The van der Waals surface area contributed by atoms with E-state index in [0.29, 0.717) is 22.2 Å². The van der Waals surface area contributed by atoms with Crippen molar-refractivity contribution in [2.75, 3.05) is 0 Å². The number of hydrogen-bond acceptors (Lipinski definition) is 3. The summed E-state index contributed by atoms with van der Waals surface area (Å²) in [6.07, 6.45) is 1.67. The van der Waals surface area contributed by atoms with Crippen LogP contribution in [-0.2, 0) is 6.61 Å². The Morgan fingerprint density at radius 2 is 2.27 bits per heavy atom. The van der Waals surface area contributed by atoms with Crippen molar-refractivity contribution >= 4 is 11.6 Å². The average Bonchev–Trinajstić information content (AvgIpc) is 2.55. The maximum atomic E-state index is 9.10. The predicted molar refractivity (Wildman–Crippen MR) is 57.0 cm³/mol. The van der Waals surface area contributed by atoms with E-state index in [2.05, 4.69) is 10.1 Å². The fourth-order valence-corrected chi connectivity index (χ4v) is 1.66. The van der Waals surface area contributed by atoms with Crippen LogP contribution in [0, 0.1) is 6.92 Å². The van der Waals surface area contributed by atoms with Crippen LogP contribution in [-0.4, -0.2) is 19.9 Å². The van der Waals surface area contributed by atoms with E-state index in [0.717, 1.165) is 0 Å². The molecule has 4 nitrogen and oxygen atoms in total. The van der Waals surface area contributed by atoms with Crippen LogP contribution >= 0.6 is 11.6 Å². The fraction of sp³-hybridized carbons (Fsp3) is 0.200. The highest BCUT2D eigenvalue weighted by atomic mass is 35.5. The Morgan fingerprint density at radius 1 is 1.47 bits per heavy atom. The van der Waals surface area contributed by atoms with Gasteiger partial charge >= 0.3 is 0 Å². The van der Waals surface area contributed by atoms with Crippen LogP contribution in [0.5, 0.6) is 0 Å². The standard InChI is InChI=1S/C10H10ClN3O/c1-7-8(6-15)10(11)14(13-7)9-4-2-3-5-12-9/h2-5,15H,6H2,1H3. The second kappa shape index (κ2) is 4.00. The summed E-state index contributed by atoms with van der Waals surface area (Å²) in [5.41, 5.74) is 1.36. The smallest absolute Gasteiger partial charge is 0.155 e. The van der Waals surface area contributed by atoms with Gasteiger partial charge in [0.25, 0.3) is 0 Å². The summed E-state index contributed by atoms with van der Waals surface area (Å²) in [4.78, 5) is 4.13. The molecule has 0 saturated carbocycles. The van der Waals surface area contributed by atoms with E-state index in [1.165, 1.54) is 4.68 Å². The molecule has 0 amide bonds. The summed E-state index contributed by atoms with van der Waals surface area (Å²) in [7, 11) is 0. The van der Waals surface area contributed by atoms with Crippen molar-refractivity contribution in [1.82, 2.24) is 14.8 Å². The molecule has 0 spiro atoms. The van der Waals surface area contributed by atoms with Gasteiger partial charge in [0.05, 0.1) is 12.3 Å². The van der Waals surface area contributed by atoms with Crippen LogP contribution in [0.4, 0.5) is 0 Å². The van der Waals surface area contributed by atoms with Crippen molar-refractivity contribution in [2.24, 2.45) is 0 Å². The first-order valence-electron chi connectivity index (χ1n) is 4.50. The molecule has 2 aromatic heterocycles. The van der Waals surface area contributed by atoms with Crippen LogP contribution < -0.4 is 0 Å². The first-order chi connectivity index (χ1) is 7.24. The topological polar surface area (TPSA) is 50.9 Å². The van der Waals surface area contributed by atoms with Gasteiger partial charge in [-0.25, -0.2) is 9.67 Å². The second-order valence-corrected chi connectivity index (χ2v) is 3.47. The molecule has 0 radical (unpaired) electrons. The Balaban J connectivity index is 2.55. The first kappa shape index (κ1) is 10.1. The van der Waals surface area contributed by atoms with Gasteiger partial charge in [-0.05, 0) is 19.1 Å². The second-order valence-electron chi connectivity index (χ2n) is 3.11. The van der Waals surface area contributed by atoms with Crippen molar-refractivity contribution in [2.45, 2.75) is 13.5 Å². The average molecular weight is 224 g/mol. The minimum atomic E-state index is -0.114. The van der Waals surface area contributed by atoms with Crippen LogP contribution in [0.25, 0.3) is 5.82 Å². The van der Waals surface area contributed by atoms with Crippen LogP contribution in [0.2, 0.25) is 5.15 Å². The quantitative estimate of drug-likeness (QED) is 0.844. The van der Waals surface area contributed by atoms with E-state index in [9.17, 15) is 0 Å². The van der Waals surface area contributed by atoms with Crippen LogP contribution in [0.1, 0.15) is 11.3 Å². The number of pyridine rings is 1. The number of hydrogen-bond donors (Lipinski definition) is 1. The molecule has 2 rings (SSSR count). The van der Waals surface area contributed by atoms with E-state index in [1.807, 2.05) is 12.1 Å². The molecule has 1 N–H and O–H groups in total. The van der Waals surface area contributed by atoms with E-state index >= 15 is 0 Å². The van der Waals surface area contributed by atoms with Crippen molar-refractivity contribution in [3.63, 3.8) is 0 Å². The summed E-state index contributed by atoms with van der Waals surface area (Å²) in [6, 6.07) is 5.48. The lowest BCUT2D eigenvalue weighted by Gasteiger charge is -2.00. The van der Waals surface area contributed by atoms with Gasteiger partial charge in [0, 0.05) is 11.8 Å². The Bertz CT molecular complexity index is 467. The number of nitrogens with zero attached hydrogens (tertiary/aromatic N) is 3. The number of aromatic nitrogens is 3. The number of aryl methyl sites for hydroxylation is 1. The van der Waals surface area contributed by atoms with Gasteiger partial charge in [0.15, 0.2) is 5.82 Å². The summed E-state index contributed by atoms with van der Waals surface area (Å²) in [6.45, 7) is 1.69. The zero-order valence-electron chi connectivity index (χ0n) is 8.18. The number of aliphatic hydroxyl groups excluding tert-OH is 1. The molecule has 2 aromatic rings. The number of aliphatic hydroxyl groups is 1. The van der Waals surface area contributed by atoms with Gasteiger partial charge in [0.1, 0.15) is 5.15 Å². The van der Waals surface area contributed by atoms with Gasteiger partial charge in [-0.15, -0.1) is 0 Å². The molecular weight excluding hydrogens is 214 g/mol. The number of halogens is 1. The molecule has 78 valence electrons. The molecule has 0 aliphatic rings. The van der Waals surface area contributed by atoms with E-state index in [1.54, 1.807) is 19.2 Å². The van der Waals surface area contributed by atoms with Gasteiger partial charge in [-0.1, -0.05) is 17.7 Å². The van der Waals surface area contributed by atoms with E-state index in [-0.39, 0.29) is 6.61 Å². The van der Waals surface area contributed by atoms with E-state index < -0.39 is 0 Å². The zero-order chi connectivity index (χ0) is 10.8. The lowest BCUT2D eigenvalue weighted by Crippen LogP contribution is -1.99. The molecule has 0 atom stereocenters. The Hall–Kier alpha value is -1.39. The molecule has 0 aromatic carbocycles. The largest absolute Gasteiger partial charge is 0.391 e. The monoisotopic (exact) mass is 223 g/mol. The van der Waals surface area contributed by atoms with Crippen molar-refractivity contribution in [1.29, 1.82) is 0 Å². The Labute approximate surface area is 92.1 Å². The maximum absolute atomic E-state index is 9.10. The SMILES string of the molecule is Cc1nn(-c2ccccn2)c(Cl)c1CO. The first-order valence-corrected chi connectivity index (χ1v) is 4.88. The summed E-state index contributed by atoms with van der Waals surface area (Å²) in [5.74, 6) is 0.644. The van der Waals surface area contributed by atoms with Crippen molar-refractivity contribution < 1.29 is 5.11 Å². The van der Waals surface area contributed by atoms with Crippen LogP contribution in [0.3, 0.4) is 0 Å². The predicted octanol–water partition coefficient (Wildman–Crippen LogP) is 1.72. The Kier molecular flexibility index (Phi) is 2.70. The fourth-order valence-electron chi connectivity index (χ4n) is 1.34. The maximum Gasteiger partial charge on any atom is 0.155 e. The lowest BCUT2D eigenvalue weighted by atomic mass is 10.3. The summed E-state index contributed by atoms with van der Waals surface area (Å²) in [5, 5.41) is 13.7.